The lowest BCUT2D eigenvalue weighted by atomic mass is 10.1. The van der Waals surface area contributed by atoms with Crippen LogP contribution in [0.25, 0.3) is 10.9 Å². The van der Waals surface area contributed by atoms with Crippen molar-refractivity contribution >= 4 is 42.7 Å². The molecular formula is C26H27N3O5S2. The molecule has 0 saturated heterocycles. The molecule has 1 aromatic heterocycles. The number of para-hydroxylation sites is 1. The number of aromatic nitrogens is 1. The van der Waals surface area contributed by atoms with Gasteiger partial charge in [-0.1, -0.05) is 53.6 Å². The molecular weight excluding hydrogens is 498 g/mol. The maximum Gasteiger partial charge on any atom is 0.278 e. The highest BCUT2D eigenvalue weighted by Crippen LogP contribution is 2.37. The van der Waals surface area contributed by atoms with Crippen molar-refractivity contribution in [3.8, 4) is 0 Å². The quantitative estimate of drug-likeness (QED) is 0.360. The van der Waals surface area contributed by atoms with Crippen molar-refractivity contribution in [2.75, 3.05) is 10.3 Å². The number of anilines is 1. The van der Waals surface area contributed by atoms with E-state index in [2.05, 4.69) is 10.3 Å². The maximum atomic E-state index is 14.0. The van der Waals surface area contributed by atoms with Crippen LogP contribution in [-0.4, -0.2) is 34.3 Å². The number of aryl methyl sites for hydroxylation is 2. The Morgan fingerprint density at radius 1 is 0.806 bits per heavy atom. The molecule has 0 unspecified atom stereocenters. The molecule has 3 aromatic carbocycles. The molecule has 1 amide bonds. The monoisotopic (exact) mass is 525 g/mol. The second-order valence-corrected chi connectivity index (χ2v) is 12.4. The molecule has 4 aromatic rings. The van der Waals surface area contributed by atoms with E-state index in [1.165, 1.54) is 31.2 Å². The Kier molecular flexibility index (Phi) is 6.92. The van der Waals surface area contributed by atoms with Crippen molar-refractivity contribution in [2.24, 2.45) is 0 Å². The molecule has 0 bridgehead atoms. The van der Waals surface area contributed by atoms with Crippen molar-refractivity contribution in [2.45, 2.75) is 37.0 Å². The number of hydrogen-bond acceptors (Lipinski definition) is 5. The number of nitrogens with one attached hydrogen (secondary N) is 2. The summed E-state index contributed by atoms with van der Waals surface area (Å²) in [4.78, 5) is 14.2. The van der Waals surface area contributed by atoms with E-state index in [9.17, 15) is 21.6 Å². The van der Waals surface area contributed by atoms with Gasteiger partial charge in [0.25, 0.3) is 20.0 Å². The van der Waals surface area contributed by atoms with Crippen LogP contribution in [0.5, 0.6) is 0 Å². The topological polar surface area (TPSA) is 116 Å². The van der Waals surface area contributed by atoms with Crippen LogP contribution in [0.15, 0.2) is 82.6 Å². The summed E-state index contributed by atoms with van der Waals surface area (Å²) in [6.45, 7) is 5.21. The van der Waals surface area contributed by atoms with Gasteiger partial charge < -0.3 is 10.3 Å². The number of aromatic amines is 1. The molecule has 0 radical (unpaired) electrons. The van der Waals surface area contributed by atoms with E-state index in [1.807, 2.05) is 13.8 Å². The highest BCUT2D eigenvalue weighted by molar-refractivity contribution is 8.10. The Morgan fingerprint density at radius 3 is 1.81 bits per heavy atom. The lowest BCUT2D eigenvalue weighted by Crippen LogP contribution is -2.38. The number of H-pyrrole nitrogens is 1. The number of nitrogens with zero attached hydrogens (tertiary/aromatic N) is 1. The predicted octanol–water partition coefficient (Wildman–Crippen LogP) is 4.05. The first-order chi connectivity index (χ1) is 17.0. The third-order valence-corrected chi connectivity index (χ3v) is 9.95. The molecule has 2 N–H and O–H groups in total. The average Bonchev–Trinajstić information content (AvgIpc) is 3.17. The van der Waals surface area contributed by atoms with Crippen LogP contribution < -0.4 is 9.03 Å². The highest BCUT2D eigenvalue weighted by atomic mass is 32.3. The molecule has 1 heterocycles. The standard InChI is InChI=1S/C26H27N3O5S2/c1-18-8-12-21(13-9-18)35(31,32)29(36(33,34)22-14-10-19(2)11-15-22)26-24(16-17-27-20(3)30)23-6-4-5-7-25(23)28-26/h4-15,28H,16-17H2,1-3H3,(H,27,30). The highest BCUT2D eigenvalue weighted by Gasteiger charge is 2.39. The molecule has 0 aliphatic carbocycles. The van der Waals surface area contributed by atoms with Crippen molar-refractivity contribution in [3.05, 3.63) is 89.5 Å². The molecule has 0 saturated carbocycles. The number of carbonyl (C=O) groups excluding carboxylic acids is 1. The third kappa shape index (κ3) is 4.87. The van der Waals surface area contributed by atoms with E-state index >= 15 is 0 Å². The Balaban J connectivity index is 1.99. The van der Waals surface area contributed by atoms with Gasteiger partial charge in [0.2, 0.25) is 5.91 Å². The summed E-state index contributed by atoms with van der Waals surface area (Å²) in [5.41, 5.74) is 2.71. The number of sulfonamides is 2. The second-order valence-electron chi connectivity index (χ2n) is 8.56. The van der Waals surface area contributed by atoms with Crippen LogP contribution >= 0.6 is 0 Å². The predicted molar refractivity (Wildman–Crippen MR) is 140 cm³/mol. The molecule has 0 aliphatic rings. The molecule has 36 heavy (non-hydrogen) atoms. The van der Waals surface area contributed by atoms with Gasteiger partial charge >= 0.3 is 0 Å². The summed E-state index contributed by atoms with van der Waals surface area (Å²) >= 11 is 0. The summed E-state index contributed by atoms with van der Waals surface area (Å²) < 4.78 is 56.5. The number of rotatable bonds is 8. The number of benzene rings is 3. The molecule has 10 heteroatoms. The second kappa shape index (κ2) is 9.79. The van der Waals surface area contributed by atoms with E-state index in [0.29, 0.717) is 20.2 Å². The minimum Gasteiger partial charge on any atom is -0.356 e. The van der Waals surface area contributed by atoms with Crippen LogP contribution in [0.2, 0.25) is 0 Å². The first kappa shape index (κ1) is 25.5. The van der Waals surface area contributed by atoms with Gasteiger partial charge in [-0.15, -0.1) is 3.71 Å². The fraction of sp³-hybridized carbons (Fsp3) is 0.192. The van der Waals surface area contributed by atoms with Gasteiger partial charge in [0.15, 0.2) is 0 Å². The minimum atomic E-state index is -4.57. The van der Waals surface area contributed by atoms with Crippen LogP contribution in [0, 0.1) is 13.8 Å². The molecule has 0 fully saturated rings. The van der Waals surface area contributed by atoms with Crippen molar-refractivity contribution in [1.82, 2.24) is 10.3 Å². The van der Waals surface area contributed by atoms with Crippen molar-refractivity contribution in [3.63, 3.8) is 0 Å². The first-order valence-electron chi connectivity index (χ1n) is 11.3. The van der Waals surface area contributed by atoms with Gasteiger partial charge in [-0.25, -0.2) is 0 Å². The number of amides is 1. The van der Waals surface area contributed by atoms with Gasteiger partial charge in [0, 0.05) is 29.9 Å². The van der Waals surface area contributed by atoms with E-state index in [4.69, 9.17) is 0 Å². The summed E-state index contributed by atoms with van der Waals surface area (Å²) in [6, 6.07) is 19.1. The van der Waals surface area contributed by atoms with Gasteiger partial charge in [0.1, 0.15) is 5.82 Å². The zero-order valence-corrected chi connectivity index (χ0v) is 21.8. The van der Waals surface area contributed by atoms with Gasteiger partial charge in [-0.3, -0.25) is 4.79 Å². The Hall–Kier alpha value is -3.63. The van der Waals surface area contributed by atoms with Crippen LogP contribution in [0.4, 0.5) is 5.82 Å². The smallest absolute Gasteiger partial charge is 0.278 e. The number of hydrogen-bond donors (Lipinski definition) is 2. The first-order valence-corrected chi connectivity index (χ1v) is 14.2. The lowest BCUT2D eigenvalue weighted by Gasteiger charge is -2.24. The van der Waals surface area contributed by atoms with Crippen molar-refractivity contribution < 1.29 is 21.6 Å². The molecule has 188 valence electrons. The zero-order chi connectivity index (χ0) is 26.1. The molecule has 0 atom stereocenters. The molecule has 4 rings (SSSR count). The fourth-order valence-electron chi connectivity index (χ4n) is 3.94. The SMILES string of the molecule is CC(=O)NCCc1c(N(S(=O)(=O)c2ccc(C)cc2)S(=O)(=O)c2ccc(C)cc2)[nH]c2ccccc12. The van der Waals surface area contributed by atoms with Crippen LogP contribution in [-0.2, 0) is 31.3 Å². The third-order valence-electron chi connectivity index (χ3n) is 5.80. The largest absolute Gasteiger partial charge is 0.356 e. The van der Waals surface area contributed by atoms with Gasteiger partial charge in [-0.2, -0.15) is 16.8 Å². The summed E-state index contributed by atoms with van der Waals surface area (Å²) in [6.07, 6.45) is 0.211. The summed E-state index contributed by atoms with van der Waals surface area (Å²) in [5, 5.41) is 3.37. The molecule has 0 aliphatic heterocycles. The zero-order valence-electron chi connectivity index (χ0n) is 20.1. The van der Waals surface area contributed by atoms with Gasteiger partial charge in [-0.05, 0) is 50.6 Å². The molecule has 8 nitrogen and oxygen atoms in total. The average molecular weight is 526 g/mol. The minimum absolute atomic E-state index is 0.0808. The molecule has 0 spiro atoms. The van der Waals surface area contributed by atoms with Crippen LogP contribution in [0.3, 0.4) is 0 Å². The normalized spacial score (nSPS) is 12.0. The van der Waals surface area contributed by atoms with Crippen molar-refractivity contribution in [1.29, 1.82) is 0 Å². The number of carbonyl (C=O) groups is 1. The Labute approximate surface area is 211 Å². The maximum absolute atomic E-state index is 14.0. The Morgan fingerprint density at radius 2 is 1.31 bits per heavy atom. The van der Waals surface area contributed by atoms with E-state index in [-0.39, 0.29) is 34.5 Å². The fourth-order valence-corrected chi connectivity index (χ4v) is 7.63. The van der Waals surface area contributed by atoms with E-state index in [1.54, 1.807) is 48.5 Å². The van der Waals surface area contributed by atoms with E-state index < -0.39 is 20.0 Å². The lowest BCUT2D eigenvalue weighted by molar-refractivity contribution is -0.118. The van der Waals surface area contributed by atoms with E-state index in [0.717, 1.165) is 11.1 Å². The summed E-state index contributed by atoms with van der Waals surface area (Å²) in [7, 11) is -9.14. The van der Waals surface area contributed by atoms with Gasteiger partial charge in [0.05, 0.1) is 9.79 Å². The Bertz CT molecular complexity index is 1550. The summed E-state index contributed by atoms with van der Waals surface area (Å²) in [5.74, 6) is -0.324. The number of fused-ring (bicyclic) bond motifs is 1. The van der Waals surface area contributed by atoms with Crippen LogP contribution in [0.1, 0.15) is 23.6 Å².